The molecule has 1 aliphatic rings. The minimum absolute atomic E-state index is 0.264. The van der Waals surface area contributed by atoms with Crippen LogP contribution in [0, 0.1) is 0 Å². The number of phenols is 1. The molecule has 1 aromatic rings. The van der Waals surface area contributed by atoms with Gasteiger partial charge in [-0.25, -0.2) is 4.79 Å². The van der Waals surface area contributed by atoms with E-state index < -0.39 is 6.03 Å². The van der Waals surface area contributed by atoms with Crippen molar-refractivity contribution in [3.05, 3.63) is 24.3 Å². The Hall–Kier alpha value is -2.28. The van der Waals surface area contributed by atoms with Crippen molar-refractivity contribution < 1.29 is 14.7 Å². The number of phenolic OH excluding ortho intramolecular Hbond substituents is 1. The molecular formula is C15H22N4O3. The molecule has 1 heterocycles. The number of amides is 3. The lowest BCUT2D eigenvalue weighted by Crippen LogP contribution is -2.47. The van der Waals surface area contributed by atoms with Gasteiger partial charge in [-0.2, -0.15) is 0 Å². The summed E-state index contributed by atoms with van der Waals surface area (Å²) >= 11 is 0. The summed E-state index contributed by atoms with van der Waals surface area (Å²) in [6.07, 6.45) is 0.312. The molecule has 22 heavy (non-hydrogen) atoms. The first kappa shape index (κ1) is 16.1. The summed E-state index contributed by atoms with van der Waals surface area (Å²) in [7, 11) is 1.48. The average molecular weight is 306 g/mol. The first-order valence-electron chi connectivity index (χ1n) is 7.36. The first-order valence-corrected chi connectivity index (χ1v) is 7.36. The Morgan fingerprint density at radius 1 is 1.14 bits per heavy atom. The number of nitrogens with one attached hydrogen (secondary N) is 2. The van der Waals surface area contributed by atoms with E-state index in [0.717, 1.165) is 31.9 Å². The van der Waals surface area contributed by atoms with Gasteiger partial charge >= 0.3 is 6.03 Å². The number of urea groups is 1. The van der Waals surface area contributed by atoms with Crippen LogP contribution in [0.5, 0.6) is 5.75 Å². The molecule has 3 N–H and O–H groups in total. The zero-order valence-corrected chi connectivity index (χ0v) is 12.7. The lowest BCUT2D eigenvalue weighted by atomic mass is 10.2. The minimum Gasteiger partial charge on any atom is -0.508 e. The van der Waals surface area contributed by atoms with Crippen LogP contribution >= 0.6 is 0 Å². The molecule has 7 heteroatoms. The van der Waals surface area contributed by atoms with Gasteiger partial charge in [0, 0.05) is 51.9 Å². The number of piperazine rings is 1. The maximum Gasteiger partial charge on any atom is 0.321 e. The number of hydrogen-bond donors (Lipinski definition) is 3. The van der Waals surface area contributed by atoms with Crippen LogP contribution in [0.1, 0.15) is 6.42 Å². The van der Waals surface area contributed by atoms with E-state index in [1.165, 1.54) is 7.05 Å². The van der Waals surface area contributed by atoms with Gasteiger partial charge in [0.15, 0.2) is 0 Å². The van der Waals surface area contributed by atoms with E-state index in [1.54, 1.807) is 12.1 Å². The molecule has 0 unspecified atom stereocenters. The van der Waals surface area contributed by atoms with Crippen LogP contribution in [0.2, 0.25) is 0 Å². The number of carbonyl (C=O) groups is 2. The Morgan fingerprint density at radius 2 is 1.77 bits per heavy atom. The lowest BCUT2D eigenvalue weighted by molar-refractivity contribution is -0.120. The summed E-state index contributed by atoms with van der Waals surface area (Å²) in [6, 6.07) is 6.71. The van der Waals surface area contributed by atoms with Crippen molar-refractivity contribution in [1.29, 1.82) is 0 Å². The highest BCUT2D eigenvalue weighted by Crippen LogP contribution is 2.19. The van der Waals surface area contributed by atoms with Gasteiger partial charge in [-0.05, 0) is 24.3 Å². The fourth-order valence-electron chi connectivity index (χ4n) is 2.40. The quantitative estimate of drug-likeness (QED) is 0.748. The third-order valence-corrected chi connectivity index (χ3v) is 3.72. The second-order valence-electron chi connectivity index (χ2n) is 5.22. The van der Waals surface area contributed by atoms with Crippen molar-refractivity contribution in [1.82, 2.24) is 15.5 Å². The Labute approximate surface area is 129 Å². The predicted molar refractivity (Wildman–Crippen MR) is 84.0 cm³/mol. The van der Waals surface area contributed by atoms with Gasteiger partial charge in [0.05, 0.1) is 0 Å². The molecule has 1 saturated heterocycles. The summed E-state index contributed by atoms with van der Waals surface area (Å²) in [4.78, 5) is 27.0. The SMILES string of the molecule is CNC(=O)NC(=O)CCN1CCN(c2ccc(O)cc2)CC1. The Kier molecular flexibility index (Phi) is 5.60. The summed E-state index contributed by atoms with van der Waals surface area (Å²) in [6.45, 7) is 4.14. The van der Waals surface area contributed by atoms with E-state index in [9.17, 15) is 14.7 Å². The van der Waals surface area contributed by atoms with Crippen LogP contribution in [-0.2, 0) is 4.79 Å². The summed E-state index contributed by atoms with van der Waals surface area (Å²) in [5, 5.41) is 13.9. The molecular weight excluding hydrogens is 284 g/mol. The number of carbonyl (C=O) groups excluding carboxylic acids is 2. The largest absolute Gasteiger partial charge is 0.508 e. The number of aromatic hydroxyl groups is 1. The zero-order chi connectivity index (χ0) is 15.9. The van der Waals surface area contributed by atoms with Gasteiger partial charge in [0.2, 0.25) is 5.91 Å². The third kappa shape index (κ3) is 4.63. The highest BCUT2D eigenvalue weighted by Gasteiger charge is 2.18. The van der Waals surface area contributed by atoms with Gasteiger partial charge in [-0.3, -0.25) is 15.0 Å². The van der Waals surface area contributed by atoms with Crippen molar-refractivity contribution in [2.24, 2.45) is 0 Å². The number of benzene rings is 1. The molecule has 120 valence electrons. The van der Waals surface area contributed by atoms with Crippen molar-refractivity contribution in [2.45, 2.75) is 6.42 Å². The molecule has 7 nitrogen and oxygen atoms in total. The molecule has 1 fully saturated rings. The van der Waals surface area contributed by atoms with E-state index in [0.29, 0.717) is 13.0 Å². The second kappa shape index (κ2) is 7.65. The molecule has 0 saturated carbocycles. The molecule has 0 aliphatic carbocycles. The molecule has 2 rings (SSSR count). The van der Waals surface area contributed by atoms with Crippen LogP contribution in [-0.4, -0.2) is 61.7 Å². The second-order valence-corrected chi connectivity index (χ2v) is 5.22. The standard InChI is InChI=1S/C15H22N4O3/c1-16-15(22)17-14(21)6-7-18-8-10-19(11-9-18)12-2-4-13(20)5-3-12/h2-5,20H,6-11H2,1H3,(H2,16,17,21,22). The van der Waals surface area contributed by atoms with Gasteiger partial charge < -0.3 is 15.3 Å². The van der Waals surface area contributed by atoms with E-state index in [-0.39, 0.29) is 11.7 Å². The van der Waals surface area contributed by atoms with Crippen molar-refractivity contribution in [2.75, 3.05) is 44.7 Å². The number of anilines is 1. The highest BCUT2D eigenvalue weighted by atomic mass is 16.3. The fraction of sp³-hybridized carbons (Fsp3) is 0.467. The number of nitrogens with zero attached hydrogens (tertiary/aromatic N) is 2. The predicted octanol–water partition coefficient (Wildman–Crippen LogP) is 0.360. The van der Waals surface area contributed by atoms with Gasteiger partial charge in [-0.15, -0.1) is 0 Å². The van der Waals surface area contributed by atoms with E-state index in [2.05, 4.69) is 20.4 Å². The first-order chi connectivity index (χ1) is 10.6. The number of rotatable bonds is 4. The average Bonchev–Trinajstić information content (AvgIpc) is 2.54. The summed E-state index contributed by atoms with van der Waals surface area (Å²) < 4.78 is 0. The summed E-state index contributed by atoms with van der Waals surface area (Å²) in [5.41, 5.74) is 1.09. The van der Waals surface area contributed by atoms with Crippen LogP contribution < -0.4 is 15.5 Å². The highest BCUT2D eigenvalue weighted by molar-refractivity contribution is 5.94. The number of hydrogen-bond acceptors (Lipinski definition) is 5. The minimum atomic E-state index is -0.470. The lowest BCUT2D eigenvalue weighted by Gasteiger charge is -2.36. The summed E-state index contributed by atoms with van der Waals surface area (Å²) in [5.74, 6) is 0.00447. The zero-order valence-electron chi connectivity index (χ0n) is 12.7. The van der Waals surface area contributed by atoms with Gasteiger partial charge in [0.25, 0.3) is 0 Å². The van der Waals surface area contributed by atoms with E-state index in [1.807, 2.05) is 12.1 Å². The topological polar surface area (TPSA) is 84.9 Å². The molecule has 1 aromatic carbocycles. The number of imide groups is 1. The van der Waals surface area contributed by atoms with Crippen LogP contribution in [0.15, 0.2) is 24.3 Å². The van der Waals surface area contributed by atoms with Gasteiger partial charge in [0.1, 0.15) is 5.75 Å². The molecule has 0 aromatic heterocycles. The van der Waals surface area contributed by atoms with Gasteiger partial charge in [-0.1, -0.05) is 0 Å². The molecule has 0 atom stereocenters. The van der Waals surface area contributed by atoms with Crippen LogP contribution in [0.3, 0.4) is 0 Å². The monoisotopic (exact) mass is 306 g/mol. The molecule has 0 bridgehead atoms. The van der Waals surface area contributed by atoms with Crippen molar-refractivity contribution in [3.63, 3.8) is 0 Å². The molecule has 0 spiro atoms. The smallest absolute Gasteiger partial charge is 0.321 e. The normalized spacial score (nSPS) is 15.4. The maximum atomic E-state index is 11.5. The van der Waals surface area contributed by atoms with Crippen molar-refractivity contribution in [3.8, 4) is 5.75 Å². The Bertz CT molecular complexity index is 510. The Morgan fingerprint density at radius 3 is 2.36 bits per heavy atom. The maximum absolute atomic E-state index is 11.5. The third-order valence-electron chi connectivity index (χ3n) is 3.72. The Balaban J connectivity index is 1.72. The van der Waals surface area contributed by atoms with Crippen LogP contribution in [0.4, 0.5) is 10.5 Å². The molecule has 1 aliphatic heterocycles. The molecule has 0 radical (unpaired) electrons. The molecule has 3 amide bonds. The van der Waals surface area contributed by atoms with Crippen LogP contribution in [0.25, 0.3) is 0 Å². The van der Waals surface area contributed by atoms with Crippen molar-refractivity contribution >= 4 is 17.6 Å². The van der Waals surface area contributed by atoms with E-state index in [4.69, 9.17) is 0 Å². The fourth-order valence-corrected chi connectivity index (χ4v) is 2.40. The van der Waals surface area contributed by atoms with E-state index >= 15 is 0 Å².